The molecule has 15 heavy (non-hydrogen) atoms. The molecule has 1 aromatic carbocycles. The molecule has 1 heterocycles. The number of rotatable bonds is 3. The van der Waals surface area contributed by atoms with Crippen LogP contribution in [0.25, 0.3) is 0 Å². The molecule has 1 unspecified atom stereocenters. The first-order valence-electron chi connectivity index (χ1n) is 5.57. The summed E-state index contributed by atoms with van der Waals surface area (Å²) in [5.41, 5.74) is 2.47. The van der Waals surface area contributed by atoms with Gasteiger partial charge in [-0.05, 0) is 17.9 Å². The minimum Gasteiger partial charge on any atom is -0.493 e. The van der Waals surface area contributed by atoms with Gasteiger partial charge in [-0.25, -0.2) is 0 Å². The van der Waals surface area contributed by atoms with Gasteiger partial charge in [-0.15, -0.1) is 11.6 Å². The van der Waals surface area contributed by atoms with Gasteiger partial charge in [-0.2, -0.15) is 0 Å². The van der Waals surface area contributed by atoms with Gasteiger partial charge in [-0.1, -0.05) is 32.0 Å². The number of hydrogen-bond acceptors (Lipinski definition) is 1. The minimum absolute atomic E-state index is 0.0815. The van der Waals surface area contributed by atoms with Crippen LogP contribution in [-0.2, 0) is 6.42 Å². The fraction of sp³-hybridized carbons (Fsp3) is 0.538. The molecule has 0 bridgehead atoms. The molecule has 2 heteroatoms. The highest BCUT2D eigenvalue weighted by Gasteiger charge is 2.21. The summed E-state index contributed by atoms with van der Waals surface area (Å²) in [4.78, 5) is 0. The average Bonchev–Trinajstić information content (AvgIpc) is 2.63. The SMILES string of the molecule is CC(C)CC(Cl)c1cccc2c1OCC2. The van der Waals surface area contributed by atoms with Gasteiger partial charge in [-0.3, -0.25) is 0 Å². The summed E-state index contributed by atoms with van der Waals surface area (Å²) >= 11 is 6.40. The van der Waals surface area contributed by atoms with Crippen molar-refractivity contribution in [2.75, 3.05) is 6.61 Å². The van der Waals surface area contributed by atoms with Crippen LogP contribution in [0.3, 0.4) is 0 Å². The molecule has 0 saturated carbocycles. The van der Waals surface area contributed by atoms with Crippen molar-refractivity contribution in [2.45, 2.75) is 32.1 Å². The number of ether oxygens (including phenoxy) is 1. The largest absolute Gasteiger partial charge is 0.493 e. The maximum atomic E-state index is 6.40. The molecular formula is C13H17ClO. The molecule has 1 nitrogen and oxygen atoms in total. The monoisotopic (exact) mass is 224 g/mol. The van der Waals surface area contributed by atoms with E-state index in [1.165, 1.54) is 11.1 Å². The van der Waals surface area contributed by atoms with Crippen LogP contribution in [0.15, 0.2) is 18.2 Å². The van der Waals surface area contributed by atoms with Crippen molar-refractivity contribution >= 4 is 11.6 Å². The normalized spacial score (nSPS) is 16.3. The maximum Gasteiger partial charge on any atom is 0.127 e. The molecule has 1 aliphatic heterocycles. The van der Waals surface area contributed by atoms with E-state index in [-0.39, 0.29) is 5.38 Å². The quantitative estimate of drug-likeness (QED) is 0.707. The van der Waals surface area contributed by atoms with Crippen LogP contribution in [0.4, 0.5) is 0 Å². The first kappa shape index (κ1) is 10.8. The number of hydrogen-bond donors (Lipinski definition) is 0. The summed E-state index contributed by atoms with van der Waals surface area (Å²) in [5.74, 6) is 1.66. The molecule has 0 saturated heterocycles. The third kappa shape index (κ3) is 2.28. The zero-order valence-electron chi connectivity index (χ0n) is 9.29. The molecule has 1 atom stereocenters. The maximum absolute atomic E-state index is 6.40. The lowest BCUT2D eigenvalue weighted by Crippen LogP contribution is -1.99. The number of alkyl halides is 1. The van der Waals surface area contributed by atoms with Gasteiger partial charge in [0.2, 0.25) is 0 Å². The first-order chi connectivity index (χ1) is 7.18. The Morgan fingerprint density at radius 1 is 1.40 bits per heavy atom. The number of para-hydroxylation sites is 1. The van der Waals surface area contributed by atoms with E-state index in [4.69, 9.17) is 16.3 Å². The Morgan fingerprint density at radius 3 is 2.93 bits per heavy atom. The van der Waals surface area contributed by atoms with Gasteiger partial charge in [0.25, 0.3) is 0 Å². The lowest BCUT2D eigenvalue weighted by Gasteiger charge is -2.15. The molecule has 0 aromatic heterocycles. The number of halogens is 1. The lowest BCUT2D eigenvalue weighted by atomic mass is 9.99. The summed E-state index contributed by atoms with van der Waals surface area (Å²) in [7, 11) is 0. The third-order valence-electron chi connectivity index (χ3n) is 2.76. The van der Waals surface area contributed by atoms with Crippen LogP contribution < -0.4 is 4.74 Å². The van der Waals surface area contributed by atoms with Gasteiger partial charge in [0.15, 0.2) is 0 Å². The van der Waals surface area contributed by atoms with Crippen LogP contribution >= 0.6 is 11.6 Å². The second-order valence-electron chi connectivity index (χ2n) is 4.53. The Bertz CT molecular complexity index is 346. The number of benzene rings is 1. The van der Waals surface area contributed by atoms with Crippen molar-refractivity contribution in [3.63, 3.8) is 0 Å². The second kappa shape index (κ2) is 4.44. The van der Waals surface area contributed by atoms with Gasteiger partial charge in [0.1, 0.15) is 5.75 Å². The van der Waals surface area contributed by atoms with E-state index < -0.39 is 0 Å². The predicted octanol–water partition coefficient (Wildman–Crippen LogP) is 3.95. The zero-order valence-corrected chi connectivity index (χ0v) is 10.1. The lowest BCUT2D eigenvalue weighted by molar-refractivity contribution is 0.352. The van der Waals surface area contributed by atoms with Crippen molar-refractivity contribution in [2.24, 2.45) is 5.92 Å². The van der Waals surface area contributed by atoms with E-state index in [2.05, 4.69) is 32.0 Å². The smallest absolute Gasteiger partial charge is 0.127 e. The molecule has 0 fully saturated rings. The fourth-order valence-corrected chi connectivity index (χ4v) is 2.56. The standard InChI is InChI=1S/C13H17ClO/c1-9(2)8-12(14)11-5-3-4-10-6-7-15-13(10)11/h3-5,9,12H,6-8H2,1-2H3. The van der Waals surface area contributed by atoms with E-state index >= 15 is 0 Å². The average molecular weight is 225 g/mol. The highest BCUT2D eigenvalue weighted by Crippen LogP contribution is 2.38. The molecule has 0 N–H and O–H groups in total. The second-order valence-corrected chi connectivity index (χ2v) is 5.06. The first-order valence-corrected chi connectivity index (χ1v) is 6.00. The van der Waals surface area contributed by atoms with Gasteiger partial charge < -0.3 is 4.74 Å². The predicted molar refractivity (Wildman–Crippen MR) is 63.7 cm³/mol. The Balaban J connectivity index is 2.24. The van der Waals surface area contributed by atoms with E-state index in [9.17, 15) is 0 Å². The summed E-state index contributed by atoms with van der Waals surface area (Å²) in [6.07, 6.45) is 2.02. The van der Waals surface area contributed by atoms with E-state index in [0.29, 0.717) is 5.92 Å². The number of fused-ring (bicyclic) bond motifs is 1. The van der Waals surface area contributed by atoms with Crippen LogP contribution in [0.2, 0.25) is 0 Å². The third-order valence-corrected chi connectivity index (χ3v) is 3.17. The van der Waals surface area contributed by atoms with Crippen molar-refractivity contribution < 1.29 is 4.74 Å². The molecule has 0 radical (unpaired) electrons. The molecule has 2 rings (SSSR count). The molecule has 82 valence electrons. The van der Waals surface area contributed by atoms with E-state index in [0.717, 1.165) is 25.2 Å². The Hall–Kier alpha value is -0.690. The Kier molecular flexibility index (Phi) is 3.20. The topological polar surface area (TPSA) is 9.23 Å². The van der Waals surface area contributed by atoms with Gasteiger partial charge >= 0.3 is 0 Å². The summed E-state index contributed by atoms with van der Waals surface area (Å²) in [6, 6.07) is 6.30. The van der Waals surface area contributed by atoms with Crippen LogP contribution in [0, 0.1) is 5.92 Å². The van der Waals surface area contributed by atoms with E-state index in [1.807, 2.05) is 0 Å². The molecule has 1 aromatic rings. The summed E-state index contributed by atoms with van der Waals surface area (Å²) in [6.45, 7) is 5.19. The highest BCUT2D eigenvalue weighted by molar-refractivity contribution is 6.21. The molecular weight excluding hydrogens is 208 g/mol. The molecule has 0 spiro atoms. The van der Waals surface area contributed by atoms with E-state index in [1.54, 1.807) is 0 Å². The van der Waals surface area contributed by atoms with Gasteiger partial charge in [0, 0.05) is 12.0 Å². The van der Waals surface area contributed by atoms with Crippen molar-refractivity contribution in [1.82, 2.24) is 0 Å². The zero-order chi connectivity index (χ0) is 10.8. The van der Waals surface area contributed by atoms with Crippen LogP contribution in [0.5, 0.6) is 5.75 Å². The summed E-state index contributed by atoms with van der Waals surface area (Å²) in [5, 5.41) is 0.0815. The molecule has 1 aliphatic rings. The summed E-state index contributed by atoms with van der Waals surface area (Å²) < 4.78 is 5.65. The van der Waals surface area contributed by atoms with Gasteiger partial charge in [0.05, 0.1) is 12.0 Å². The van der Waals surface area contributed by atoms with Crippen LogP contribution in [0.1, 0.15) is 36.8 Å². The molecule has 0 aliphatic carbocycles. The Labute approximate surface area is 96.4 Å². The Morgan fingerprint density at radius 2 is 2.20 bits per heavy atom. The van der Waals surface area contributed by atoms with Crippen molar-refractivity contribution in [3.05, 3.63) is 29.3 Å². The highest BCUT2D eigenvalue weighted by atomic mass is 35.5. The fourth-order valence-electron chi connectivity index (χ4n) is 2.03. The minimum atomic E-state index is 0.0815. The van der Waals surface area contributed by atoms with Crippen molar-refractivity contribution in [3.8, 4) is 5.75 Å². The molecule has 0 amide bonds. The van der Waals surface area contributed by atoms with Crippen molar-refractivity contribution in [1.29, 1.82) is 0 Å². The van der Waals surface area contributed by atoms with Crippen LogP contribution in [-0.4, -0.2) is 6.61 Å².